The van der Waals surface area contributed by atoms with E-state index in [2.05, 4.69) is 5.10 Å². The second-order valence-electron chi connectivity index (χ2n) is 3.56. The summed E-state index contributed by atoms with van der Waals surface area (Å²) in [6, 6.07) is 6.19. The number of rotatable bonds is 2. The van der Waals surface area contributed by atoms with Gasteiger partial charge in [0, 0.05) is 20.2 Å². The molecule has 0 aliphatic rings. The van der Waals surface area contributed by atoms with Crippen molar-refractivity contribution in [3.63, 3.8) is 0 Å². The minimum absolute atomic E-state index is 0.0683. The zero-order valence-corrected chi connectivity index (χ0v) is 9.32. The molecule has 0 bridgehead atoms. The fourth-order valence-electron chi connectivity index (χ4n) is 1.62. The third kappa shape index (κ3) is 1.71. The van der Waals surface area contributed by atoms with Gasteiger partial charge in [-0.15, -0.1) is 5.10 Å². The molecular weight excluding hydrogens is 224 g/mol. The van der Waals surface area contributed by atoms with Crippen LogP contribution >= 0.6 is 0 Å². The molecule has 2 aromatic rings. The Labute approximate surface area is 96.1 Å². The Morgan fingerprint density at radius 1 is 1.29 bits per heavy atom. The minimum Gasteiger partial charge on any atom is -0.278 e. The van der Waals surface area contributed by atoms with E-state index in [0.717, 1.165) is 4.68 Å². The van der Waals surface area contributed by atoms with Crippen molar-refractivity contribution in [2.45, 2.75) is 0 Å². The summed E-state index contributed by atoms with van der Waals surface area (Å²) >= 11 is 0. The Hall–Kier alpha value is -2.44. The summed E-state index contributed by atoms with van der Waals surface area (Å²) in [6.07, 6.45) is 0. The van der Waals surface area contributed by atoms with Gasteiger partial charge in [0.2, 0.25) is 0 Å². The predicted molar refractivity (Wildman–Crippen MR) is 60.5 cm³/mol. The molecule has 0 N–H and O–H groups in total. The Morgan fingerprint density at radius 3 is 2.47 bits per heavy atom. The van der Waals surface area contributed by atoms with Crippen LogP contribution < -0.4 is 5.69 Å². The summed E-state index contributed by atoms with van der Waals surface area (Å²) in [5, 5.41) is 14.9. The van der Waals surface area contributed by atoms with Crippen molar-refractivity contribution in [1.29, 1.82) is 0 Å². The zero-order chi connectivity index (χ0) is 12.6. The molecule has 2 rings (SSSR count). The number of aryl methyl sites for hydroxylation is 1. The van der Waals surface area contributed by atoms with E-state index < -0.39 is 4.92 Å². The standard InChI is InChI=1S/C10H10N4O3/c1-12-9(11-13(2)10(12)15)7-5-3-4-6-8(7)14(16)17/h3-6H,1-2H3. The Morgan fingerprint density at radius 2 is 1.94 bits per heavy atom. The van der Waals surface area contributed by atoms with Gasteiger partial charge in [0.25, 0.3) is 5.69 Å². The second-order valence-corrected chi connectivity index (χ2v) is 3.56. The lowest BCUT2D eigenvalue weighted by molar-refractivity contribution is -0.384. The largest absolute Gasteiger partial charge is 0.345 e. The fraction of sp³-hybridized carbons (Fsp3) is 0.200. The van der Waals surface area contributed by atoms with E-state index in [1.165, 1.54) is 24.7 Å². The van der Waals surface area contributed by atoms with Crippen molar-refractivity contribution in [2.24, 2.45) is 14.1 Å². The Bertz CT molecular complexity index is 641. The maximum absolute atomic E-state index is 11.5. The van der Waals surface area contributed by atoms with Gasteiger partial charge >= 0.3 is 5.69 Å². The van der Waals surface area contributed by atoms with Crippen molar-refractivity contribution >= 4 is 5.69 Å². The predicted octanol–water partition coefficient (Wildman–Crippen LogP) is 0.694. The quantitative estimate of drug-likeness (QED) is 0.565. The number of para-hydroxylation sites is 1. The molecule has 0 unspecified atom stereocenters. The lowest BCUT2D eigenvalue weighted by Crippen LogP contribution is -2.20. The molecule has 0 fully saturated rings. The Balaban J connectivity index is 2.73. The molecule has 0 aliphatic carbocycles. The normalized spacial score (nSPS) is 10.5. The van der Waals surface area contributed by atoms with Crippen LogP contribution in [0.3, 0.4) is 0 Å². The van der Waals surface area contributed by atoms with Gasteiger partial charge in [0.05, 0.1) is 10.5 Å². The third-order valence-corrected chi connectivity index (χ3v) is 2.47. The van der Waals surface area contributed by atoms with Gasteiger partial charge in [-0.3, -0.25) is 14.7 Å². The summed E-state index contributed by atoms with van der Waals surface area (Å²) in [5.41, 5.74) is -0.0583. The molecule has 1 aromatic heterocycles. The number of benzene rings is 1. The molecule has 0 atom stereocenters. The summed E-state index contributed by atoms with van der Waals surface area (Å²) < 4.78 is 2.42. The number of hydrogen-bond acceptors (Lipinski definition) is 4. The van der Waals surface area contributed by atoms with Crippen molar-refractivity contribution in [1.82, 2.24) is 14.3 Å². The topological polar surface area (TPSA) is 83.0 Å². The highest BCUT2D eigenvalue weighted by molar-refractivity contribution is 5.67. The second kappa shape index (κ2) is 3.85. The van der Waals surface area contributed by atoms with Crippen molar-refractivity contribution in [2.75, 3.05) is 0 Å². The van der Waals surface area contributed by atoms with Crippen LogP contribution in [0.1, 0.15) is 0 Å². The van der Waals surface area contributed by atoms with Crippen LogP contribution in [0.25, 0.3) is 11.4 Å². The van der Waals surface area contributed by atoms with E-state index in [-0.39, 0.29) is 17.2 Å². The van der Waals surface area contributed by atoms with E-state index in [1.54, 1.807) is 18.2 Å². The van der Waals surface area contributed by atoms with Crippen LogP contribution in [0.4, 0.5) is 5.69 Å². The number of nitro groups is 1. The van der Waals surface area contributed by atoms with Crippen LogP contribution in [0, 0.1) is 10.1 Å². The summed E-state index contributed by atoms with van der Waals surface area (Å²) in [6.45, 7) is 0. The van der Waals surface area contributed by atoms with Crippen LogP contribution in [0.2, 0.25) is 0 Å². The first-order chi connectivity index (χ1) is 8.02. The SMILES string of the molecule is Cn1nc(-c2ccccc2[N+](=O)[O-])n(C)c1=O. The zero-order valence-electron chi connectivity index (χ0n) is 9.32. The third-order valence-electron chi connectivity index (χ3n) is 2.47. The smallest absolute Gasteiger partial charge is 0.278 e. The summed E-state index contributed by atoms with van der Waals surface area (Å²) in [5.74, 6) is 0.282. The van der Waals surface area contributed by atoms with E-state index in [0.29, 0.717) is 5.56 Å². The molecule has 7 heteroatoms. The molecule has 1 heterocycles. The molecular formula is C10H10N4O3. The first-order valence-corrected chi connectivity index (χ1v) is 4.86. The van der Waals surface area contributed by atoms with Gasteiger partial charge in [-0.2, -0.15) is 0 Å². The highest BCUT2D eigenvalue weighted by Crippen LogP contribution is 2.26. The lowest BCUT2D eigenvalue weighted by Gasteiger charge is -2.00. The van der Waals surface area contributed by atoms with E-state index in [9.17, 15) is 14.9 Å². The van der Waals surface area contributed by atoms with Crippen LogP contribution in [-0.4, -0.2) is 19.3 Å². The average molecular weight is 234 g/mol. The van der Waals surface area contributed by atoms with Crippen molar-refractivity contribution < 1.29 is 4.92 Å². The lowest BCUT2D eigenvalue weighted by atomic mass is 10.1. The molecule has 7 nitrogen and oxygen atoms in total. The molecule has 0 radical (unpaired) electrons. The van der Waals surface area contributed by atoms with Crippen molar-refractivity contribution in [3.05, 3.63) is 44.9 Å². The van der Waals surface area contributed by atoms with Gasteiger partial charge in [-0.05, 0) is 6.07 Å². The molecule has 88 valence electrons. The highest BCUT2D eigenvalue weighted by Gasteiger charge is 2.19. The summed E-state index contributed by atoms with van der Waals surface area (Å²) in [7, 11) is 3.03. The molecule has 0 saturated heterocycles. The molecule has 0 spiro atoms. The van der Waals surface area contributed by atoms with Crippen LogP contribution in [0.15, 0.2) is 29.1 Å². The van der Waals surface area contributed by atoms with Crippen LogP contribution in [0.5, 0.6) is 0 Å². The van der Waals surface area contributed by atoms with Gasteiger partial charge in [-0.25, -0.2) is 9.48 Å². The van der Waals surface area contributed by atoms with E-state index in [4.69, 9.17) is 0 Å². The van der Waals surface area contributed by atoms with Gasteiger partial charge in [0.1, 0.15) is 0 Å². The fourth-order valence-corrected chi connectivity index (χ4v) is 1.62. The van der Waals surface area contributed by atoms with E-state index >= 15 is 0 Å². The van der Waals surface area contributed by atoms with Gasteiger partial charge in [-0.1, -0.05) is 12.1 Å². The first kappa shape index (κ1) is 11.1. The number of hydrogen-bond donors (Lipinski definition) is 0. The maximum Gasteiger partial charge on any atom is 0.345 e. The number of nitro benzene ring substituents is 1. The Kier molecular flexibility index (Phi) is 2.51. The molecule has 1 aromatic carbocycles. The maximum atomic E-state index is 11.5. The van der Waals surface area contributed by atoms with Gasteiger partial charge in [0.15, 0.2) is 5.82 Å². The number of aromatic nitrogens is 3. The first-order valence-electron chi connectivity index (χ1n) is 4.86. The monoisotopic (exact) mass is 234 g/mol. The van der Waals surface area contributed by atoms with Gasteiger partial charge < -0.3 is 0 Å². The molecule has 0 saturated carbocycles. The highest BCUT2D eigenvalue weighted by atomic mass is 16.6. The average Bonchev–Trinajstić information content (AvgIpc) is 2.57. The number of nitrogens with zero attached hydrogens (tertiary/aromatic N) is 4. The molecule has 17 heavy (non-hydrogen) atoms. The van der Waals surface area contributed by atoms with Crippen molar-refractivity contribution in [3.8, 4) is 11.4 Å². The minimum atomic E-state index is -0.492. The molecule has 0 aliphatic heterocycles. The molecule has 0 amide bonds. The van der Waals surface area contributed by atoms with E-state index in [1.807, 2.05) is 0 Å². The summed E-state index contributed by atoms with van der Waals surface area (Å²) in [4.78, 5) is 21.9. The van der Waals surface area contributed by atoms with Crippen LogP contribution in [-0.2, 0) is 14.1 Å².